The number of benzene rings is 1. The number of piperazine rings is 2. The SMILES string of the molecule is CC(C)(C)OC(=O)CN1CCN(C2CC=C(CCOCCCc3cc(N4C5CCC4CN(c4cc(-c6ccccc6O)nnc4N)C5)ccn3)C=N2)CC1. The summed E-state index contributed by atoms with van der Waals surface area (Å²) < 4.78 is 11.5. The van der Waals surface area contributed by atoms with Crippen LogP contribution in [-0.4, -0.2) is 125 Å². The van der Waals surface area contributed by atoms with Gasteiger partial charge in [-0.3, -0.25) is 24.6 Å². The smallest absolute Gasteiger partial charge is 0.320 e. The van der Waals surface area contributed by atoms with Crippen LogP contribution in [0.2, 0.25) is 0 Å². The maximum atomic E-state index is 12.2. The number of aromatic nitrogens is 3. The third-order valence-electron chi connectivity index (χ3n) is 10.8. The fourth-order valence-electron chi connectivity index (χ4n) is 8.14. The third-order valence-corrected chi connectivity index (χ3v) is 10.8. The number of rotatable bonds is 13. The predicted molar refractivity (Wildman–Crippen MR) is 212 cm³/mol. The van der Waals surface area contributed by atoms with Gasteiger partial charge in [0.2, 0.25) is 0 Å². The van der Waals surface area contributed by atoms with Crippen LogP contribution >= 0.6 is 0 Å². The van der Waals surface area contributed by atoms with Gasteiger partial charge in [0, 0.05) is 93.7 Å². The summed E-state index contributed by atoms with van der Waals surface area (Å²) in [5.41, 5.74) is 11.6. The Balaban J connectivity index is 0.819. The molecular weight excluding hydrogens is 683 g/mol. The highest BCUT2D eigenvalue weighted by molar-refractivity contribution is 5.79. The van der Waals surface area contributed by atoms with Crippen molar-refractivity contribution in [3.63, 3.8) is 0 Å². The zero-order valence-corrected chi connectivity index (χ0v) is 31.9. The van der Waals surface area contributed by atoms with Crippen molar-refractivity contribution in [3.8, 4) is 17.0 Å². The second-order valence-electron chi connectivity index (χ2n) is 15.9. The number of nitrogens with zero attached hydrogens (tertiary/aromatic N) is 8. The summed E-state index contributed by atoms with van der Waals surface area (Å²) in [6.45, 7) is 12.6. The molecule has 3 aromatic rings. The minimum absolute atomic E-state index is 0.157. The second kappa shape index (κ2) is 16.8. The van der Waals surface area contributed by atoms with Crippen molar-refractivity contribution in [2.75, 3.05) is 74.6 Å². The first-order chi connectivity index (χ1) is 26.1. The molecule has 3 N–H and O–H groups in total. The van der Waals surface area contributed by atoms with Gasteiger partial charge in [-0.2, -0.15) is 0 Å². The van der Waals surface area contributed by atoms with E-state index in [1.165, 1.54) is 11.3 Å². The lowest BCUT2D eigenvalue weighted by Gasteiger charge is -2.43. The van der Waals surface area contributed by atoms with Crippen molar-refractivity contribution in [1.82, 2.24) is 25.0 Å². The number of para-hydroxylation sites is 1. The molecule has 0 spiro atoms. The number of nitrogen functional groups attached to an aromatic ring is 1. The summed E-state index contributed by atoms with van der Waals surface area (Å²) in [6.07, 6.45) is 12.2. The van der Waals surface area contributed by atoms with E-state index in [1.54, 1.807) is 12.1 Å². The summed E-state index contributed by atoms with van der Waals surface area (Å²) in [5, 5.41) is 18.9. The van der Waals surface area contributed by atoms with Gasteiger partial charge in [0.1, 0.15) is 17.5 Å². The zero-order chi connectivity index (χ0) is 37.7. The van der Waals surface area contributed by atoms with E-state index < -0.39 is 5.60 Å². The van der Waals surface area contributed by atoms with Gasteiger partial charge in [0.25, 0.3) is 0 Å². The molecule has 0 amide bonds. The van der Waals surface area contributed by atoms with E-state index in [4.69, 9.17) is 25.2 Å². The summed E-state index contributed by atoms with van der Waals surface area (Å²) in [5.74, 6) is 0.429. The molecule has 13 heteroatoms. The van der Waals surface area contributed by atoms with E-state index in [0.29, 0.717) is 48.9 Å². The highest BCUT2D eigenvalue weighted by Crippen LogP contribution is 2.39. The minimum Gasteiger partial charge on any atom is -0.507 e. The average Bonchev–Trinajstić information content (AvgIpc) is 3.42. The van der Waals surface area contributed by atoms with Gasteiger partial charge in [0.15, 0.2) is 5.82 Å². The molecule has 3 atom stereocenters. The van der Waals surface area contributed by atoms with Gasteiger partial charge >= 0.3 is 5.97 Å². The molecule has 54 heavy (non-hydrogen) atoms. The van der Waals surface area contributed by atoms with E-state index in [-0.39, 0.29) is 17.9 Å². The number of hydrogen-bond donors (Lipinski definition) is 2. The van der Waals surface area contributed by atoms with Crippen LogP contribution in [0.4, 0.5) is 17.2 Å². The predicted octanol–water partition coefficient (Wildman–Crippen LogP) is 4.71. The van der Waals surface area contributed by atoms with Crippen LogP contribution in [0.1, 0.15) is 58.6 Å². The van der Waals surface area contributed by atoms with Crippen molar-refractivity contribution in [2.24, 2.45) is 4.99 Å². The van der Waals surface area contributed by atoms with E-state index in [9.17, 15) is 9.90 Å². The van der Waals surface area contributed by atoms with Crippen LogP contribution in [0.15, 0.2) is 65.3 Å². The van der Waals surface area contributed by atoms with Crippen molar-refractivity contribution in [1.29, 1.82) is 0 Å². The minimum atomic E-state index is -0.450. The second-order valence-corrected chi connectivity index (χ2v) is 15.9. The number of hydrogen-bond acceptors (Lipinski definition) is 13. The fraction of sp³-hybridized carbons (Fsp3) is 0.537. The number of phenolic OH excluding ortho intramolecular Hbond substituents is 1. The Labute approximate surface area is 318 Å². The monoisotopic (exact) mass is 737 g/mol. The normalized spacial score (nSPS) is 22.1. The van der Waals surface area contributed by atoms with Crippen LogP contribution in [-0.2, 0) is 20.7 Å². The van der Waals surface area contributed by atoms with Crippen molar-refractivity contribution >= 4 is 29.4 Å². The molecule has 3 unspecified atom stereocenters. The number of aliphatic imine (C=N–C) groups is 1. The number of esters is 1. The average molecular weight is 738 g/mol. The molecule has 3 fully saturated rings. The van der Waals surface area contributed by atoms with Gasteiger partial charge in [-0.25, -0.2) is 0 Å². The van der Waals surface area contributed by atoms with Gasteiger partial charge < -0.3 is 30.1 Å². The largest absolute Gasteiger partial charge is 0.507 e. The lowest BCUT2D eigenvalue weighted by Crippen LogP contribution is -2.54. The van der Waals surface area contributed by atoms with E-state index in [1.807, 2.05) is 51.4 Å². The molecule has 7 rings (SSSR count). The molecule has 6 heterocycles. The molecule has 288 valence electrons. The molecule has 13 nitrogen and oxygen atoms in total. The Kier molecular flexibility index (Phi) is 11.8. The number of fused-ring (bicyclic) bond motifs is 2. The molecule has 4 aliphatic heterocycles. The van der Waals surface area contributed by atoms with Crippen LogP contribution in [0.3, 0.4) is 0 Å². The molecule has 0 saturated carbocycles. The van der Waals surface area contributed by atoms with E-state index in [0.717, 1.165) is 89.2 Å². The first kappa shape index (κ1) is 37.7. The Morgan fingerprint density at radius 1 is 0.981 bits per heavy atom. The number of dihydropyridines is 1. The Morgan fingerprint density at radius 3 is 2.48 bits per heavy atom. The summed E-state index contributed by atoms with van der Waals surface area (Å²) in [7, 11) is 0. The van der Waals surface area contributed by atoms with E-state index in [2.05, 4.69) is 48.0 Å². The number of ether oxygens (including phenoxy) is 2. The van der Waals surface area contributed by atoms with Crippen molar-refractivity contribution in [2.45, 2.75) is 83.1 Å². The maximum absolute atomic E-state index is 12.2. The first-order valence-electron chi connectivity index (χ1n) is 19.5. The number of pyridine rings is 1. The number of carbonyl (C=O) groups is 1. The number of aromatic hydroxyl groups is 1. The van der Waals surface area contributed by atoms with Crippen molar-refractivity contribution in [3.05, 3.63) is 66.0 Å². The van der Waals surface area contributed by atoms with Crippen LogP contribution in [0.25, 0.3) is 11.3 Å². The molecule has 4 aliphatic rings. The molecular formula is C41H55N9O4. The fourth-order valence-corrected chi connectivity index (χ4v) is 8.14. The first-order valence-corrected chi connectivity index (χ1v) is 19.5. The Bertz CT molecular complexity index is 1810. The van der Waals surface area contributed by atoms with E-state index >= 15 is 0 Å². The lowest BCUT2D eigenvalue weighted by molar-refractivity contribution is -0.156. The number of anilines is 3. The molecule has 3 saturated heterocycles. The maximum Gasteiger partial charge on any atom is 0.320 e. The Hall–Kier alpha value is -4.59. The topological polar surface area (TPSA) is 146 Å². The van der Waals surface area contributed by atoms with Gasteiger partial charge in [-0.1, -0.05) is 18.2 Å². The molecule has 2 bridgehead atoms. The van der Waals surface area contributed by atoms with Crippen molar-refractivity contribution < 1.29 is 19.4 Å². The van der Waals surface area contributed by atoms with Crippen LogP contribution in [0, 0.1) is 0 Å². The number of aryl methyl sites for hydroxylation is 1. The van der Waals surface area contributed by atoms with Gasteiger partial charge in [-0.05, 0) is 88.8 Å². The van der Waals surface area contributed by atoms with Gasteiger partial charge in [-0.15, -0.1) is 10.2 Å². The van der Waals surface area contributed by atoms with Crippen LogP contribution in [0.5, 0.6) is 5.75 Å². The quantitative estimate of drug-likeness (QED) is 0.185. The number of phenols is 1. The molecule has 1 aromatic carbocycles. The summed E-state index contributed by atoms with van der Waals surface area (Å²) >= 11 is 0. The number of carbonyl (C=O) groups excluding carboxylic acids is 1. The molecule has 2 aromatic heterocycles. The zero-order valence-electron chi connectivity index (χ0n) is 31.9. The number of nitrogens with two attached hydrogens (primary N) is 1. The standard InChI is InChI=1S/C41H55N9O4/c1-41(2,3)54-39(52)28-47-17-19-48(20-18-47)38-13-10-29(25-44-38)15-22-53-21-6-7-30-23-31(14-16-43-30)50-32-11-12-33(50)27-49(26-32)36-24-35(45-46-40(36)42)34-8-4-5-9-37(34)51/h4-5,8-10,14,16,23-25,32-33,38,51H,6-7,11-13,15,17-22,26-28H2,1-3H3,(H2,42,46). The molecule has 0 aliphatic carbocycles. The van der Waals surface area contributed by atoms with Gasteiger partial charge in [0.05, 0.1) is 24.5 Å². The molecule has 0 radical (unpaired) electrons. The Morgan fingerprint density at radius 2 is 1.76 bits per heavy atom. The summed E-state index contributed by atoms with van der Waals surface area (Å²) in [6, 6.07) is 14.2. The highest BCUT2D eigenvalue weighted by atomic mass is 16.6. The third kappa shape index (κ3) is 9.37. The highest BCUT2D eigenvalue weighted by Gasteiger charge is 2.41. The van der Waals surface area contributed by atoms with Crippen LogP contribution < -0.4 is 15.5 Å². The lowest BCUT2D eigenvalue weighted by atomic mass is 10.1. The summed E-state index contributed by atoms with van der Waals surface area (Å²) in [4.78, 5) is 31.2.